The molecule has 0 N–H and O–H groups in total. The van der Waals surface area contributed by atoms with E-state index in [1.54, 1.807) is 0 Å². The van der Waals surface area contributed by atoms with Gasteiger partial charge < -0.3 is 0 Å². The number of hydrogen-bond acceptors (Lipinski definition) is 0. The van der Waals surface area contributed by atoms with Crippen LogP contribution in [0.3, 0.4) is 0 Å². The maximum absolute atomic E-state index is 2.37. The van der Waals surface area contributed by atoms with E-state index in [1.165, 1.54) is 31.9 Å². The normalized spacial score (nSPS) is 25.3. The molecular formula is C14H17P. The van der Waals surface area contributed by atoms with Crippen molar-refractivity contribution in [2.75, 3.05) is 0 Å². The summed E-state index contributed by atoms with van der Waals surface area (Å²) < 4.78 is 0. The van der Waals surface area contributed by atoms with E-state index in [-0.39, 0.29) is 0 Å². The van der Waals surface area contributed by atoms with Gasteiger partial charge in [-0.1, -0.05) is 50.7 Å². The van der Waals surface area contributed by atoms with Crippen LogP contribution in [0.2, 0.25) is 0 Å². The van der Waals surface area contributed by atoms with Crippen LogP contribution in [-0.2, 0) is 6.42 Å². The van der Waals surface area contributed by atoms with Gasteiger partial charge in [-0.15, -0.1) is 0 Å². The van der Waals surface area contributed by atoms with E-state index in [0.29, 0.717) is 5.16 Å². The SMILES string of the molecule is CC1=PC(C)(CCc2ccccc2)C=C1. The van der Waals surface area contributed by atoms with Crippen molar-refractivity contribution in [3.8, 4) is 0 Å². The van der Waals surface area contributed by atoms with Crippen molar-refractivity contribution in [2.45, 2.75) is 31.8 Å². The van der Waals surface area contributed by atoms with Gasteiger partial charge in [0.25, 0.3) is 0 Å². The second-order valence-electron chi connectivity index (χ2n) is 4.43. The Labute approximate surface area is 93.8 Å². The maximum atomic E-state index is 2.37. The summed E-state index contributed by atoms with van der Waals surface area (Å²) in [5, 5.41) is 1.87. The first-order valence-corrected chi connectivity index (χ1v) is 6.37. The molecule has 15 heavy (non-hydrogen) atoms. The van der Waals surface area contributed by atoms with Gasteiger partial charge in [0.15, 0.2) is 0 Å². The van der Waals surface area contributed by atoms with Crippen molar-refractivity contribution in [1.82, 2.24) is 0 Å². The minimum atomic E-state index is 0.375. The zero-order valence-electron chi connectivity index (χ0n) is 9.40. The summed E-state index contributed by atoms with van der Waals surface area (Å²) in [6, 6.07) is 10.8. The Bertz CT molecular complexity index is 389. The molecule has 0 nitrogen and oxygen atoms in total. The molecule has 1 aromatic carbocycles. The fraction of sp³-hybridized carbons (Fsp3) is 0.357. The van der Waals surface area contributed by atoms with Crippen molar-refractivity contribution in [3.63, 3.8) is 0 Å². The van der Waals surface area contributed by atoms with Crippen molar-refractivity contribution >= 4 is 13.5 Å². The summed E-state index contributed by atoms with van der Waals surface area (Å²) in [5.41, 5.74) is 1.45. The number of hydrogen-bond donors (Lipinski definition) is 0. The summed E-state index contributed by atoms with van der Waals surface area (Å²) in [6.07, 6.45) is 7.06. The van der Waals surface area contributed by atoms with E-state index >= 15 is 0 Å². The molecule has 0 amide bonds. The Morgan fingerprint density at radius 2 is 1.93 bits per heavy atom. The first-order chi connectivity index (χ1) is 7.18. The Balaban J connectivity index is 1.98. The summed E-state index contributed by atoms with van der Waals surface area (Å²) >= 11 is 0. The molecule has 78 valence electrons. The van der Waals surface area contributed by atoms with Gasteiger partial charge in [-0.25, -0.2) is 0 Å². The largest absolute Gasteiger partial charge is 0.0905 e. The zero-order chi connectivity index (χ0) is 10.7. The lowest BCUT2D eigenvalue weighted by Gasteiger charge is -2.18. The average Bonchev–Trinajstić information content (AvgIpc) is 2.58. The van der Waals surface area contributed by atoms with E-state index in [9.17, 15) is 0 Å². The van der Waals surface area contributed by atoms with Crippen molar-refractivity contribution in [1.29, 1.82) is 0 Å². The Morgan fingerprint density at radius 3 is 2.53 bits per heavy atom. The highest BCUT2D eigenvalue weighted by molar-refractivity contribution is 7.43. The minimum Gasteiger partial charge on any atom is -0.0905 e. The standard InChI is InChI=1S/C14H17P/c1-12-8-10-14(2,15-12)11-9-13-6-4-3-5-7-13/h3-8,10H,9,11H2,1-2H3. The van der Waals surface area contributed by atoms with E-state index in [1.807, 2.05) is 0 Å². The summed E-state index contributed by atoms with van der Waals surface area (Å²) in [7, 11) is 1.49. The lowest BCUT2D eigenvalue weighted by atomic mass is 10.00. The lowest BCUT2D eigenvalue weighted by Crippen LogP contribution is -2.12. The van der Waals surface area contributed by atoms with Crippen LogP contribution in [0, 0.1) is 0 Å². The molecule has 1 aliphatic heterocycles. The van der Waals surface area contributed by atoms with E-state index in [0.717, 1.165) is 0 Å². The van der Waals surface area contributed by atoms with Crippen molar-refractivity contribution in [2.24, 2.45) is 0 Å². The molecule has 1 heteroatoms. The predicted octanol–water partition coefficient (Wildman–Crippen LogP) is 4.09. The third-order valence-electron chi connectivity index (χ3n) is 2.88. The van der Waals surface area contributed by atoms with Gasteiger partial charge in [0.1, 0.15) is 0 Å². The smallest absolute Gasteiger partial charge is 0.0281 e. The number of benzene rings is 1. The van der Waals surface area contributed by atoms with Gasteiger partial charge in [0.05, 0.1) is 0 Å². The van der Waals surface area contributed by atoms with Crippen molar-refractivity contribution < 1.29 is 0 Å². The highest BCUT2D eigenvalue weighted by Gasteiger charge is 2.21. The lowest BCUT2D eigenvalue weighted by molar-refractivity contribution is 0.698. The Hall–Kier alpha value is -0.870. The topological polar surface area (TPSA) is 0 Å². The van der Waals surface area contributed by atoms with Gasteiger partial charge in [0, 0.05) is 5.16 Å². The fourth-order valence-corrected chi connectivity index (χ4v) is 3.29. The first-order valence-electron chi connectivity index (χ1n) is 5.48. The molecule has 0 saturated carbocycles. The average molecular weight is 216 g/mol. The first kappa shape index (κ1) is 10.6. The molecule has 1 atom stereocenters. The van der Waals surface area contributed by atoms with Crippen LogP contribution < -0.4 is 0 Å². The van der Waals surface area contributed by atoms with Crippen LogP contribution in [-0.4, -0.2) is 10.4 Å². The third-order valence-corrected chi connectivity index (χ3v) is 4.26. The molecule has 0 bridgehead atoms. The molecule has 0 aliphatic carbocycles. The highest BCUT2D eigenvalue weighted by atomic mass is 31.1. The van der Waals surface area contributed by atoms with Gasteiger partial charge in [-0.05, 0) is 37.5 Å². The van der Waals surface area contributed by atoms with E-state index in [4.69, 9.17) is 0 Å². The second-order valence-corrected chi connectivity index (χ2v) is 6.38. The molecule has 1 unspecified atom stereocenters. The molecule has 0 radical (unpaired) electrons. The number of allylic oxidation sites excluding steroid dienone is 2. The van der Waals surface area contributed by atoms with Gasteiger partial charge in [0.2, 0.25) is 0 Å². The second kappa shape index (κ2) is 4.33. The molecule has 0 fully saturated rings. The van der Waals surface area contributed by atoms with Crippen LogP contribution in [0.25, 0.3) is 0 Å². The fourth-order valence-electron chi connectivity index (χ4n) is 1.96. The van der Waals surface area contributed by atoms with E-state index < -0.39 is 0 Å². The molecule has 2 rings (SSSR count). The number of aryl methyl sites for hydroxylation is 1. The molecular weight excluding hydrogens is 199 g/mol. The van der Waals surface area contributed by atoms with Gasteiger partial charge >= 0.3 is 0 Å². The Morgan fingerprint density at radius 1 is 1.20 bits per heavy atom. The third kappa shape index (κ3) is 2.79. The van der Waals surface area contributed by atoms with Gasteiger partial charge in [-0.3, -0.25) is 0 Å². The van der Waals surface area contributed by atoms with Crippen LogP contribution in [0.5, 0.6) is 0 Å². The molecule has 0 aromatic heterocycles. The van der Waals surface area contributed by atoms with Crippen LogP contribution in [0.1, 0.15) is 25.8 Å². The number of rotatable bonds is 3. The minimum absolute atomic E-state index is 0.375. The monoisotopic (exact) mass is 216 g/mol. The van der Waals surface area contributed by atoms with Gasteiger partial charge in [-0.2, -0.15) is 0 Å². The van der Waals surface area contributed by atoms with Crippen LogP contribution in [0.15, 0.2) is 42.5 Å². The molecule has 0 saturated heterocycles. The molecule has 0 spiro atoms. The Kier molecular flexibility index (Phi) is 3.07. The summed E-state index contributed by atoms with van der Waals surface area (Å²) in [6.45, 7) is 4.57. The molecule has 1 heterocycles. The van der Waals surface area contributed by atoms with Crippen molar-refractivity contribution in [3.05, 3.63) is 48.0 Å². The summed E-state index contributed by atoms with van der Waals surface area (Å²) in [4.78, 5) is 0. The molecule has 1 aliphatic rings. The zero-order valence-corrected chi connectivity index (χ0v) is 10.3. The highest BCUT2D eigenvalue weighted by Crippen LogP contribution is 2.36. The predicted molar refractivity (Wildman–Crippen MR) is 69.9 cm³/mol. The summed E-state index contributed by atoms with van der Waals surface area (Å²) in [5.74, 6) is 0. The van der Waals surface area contributed by atoms with Crippen LogP contribution in [0.4, 0.5) is 0 Å². The maximum Gasteiger partial charge on any atom is 0.0281 e. The molecule has 1 aromatic rings. The quantitative estimate of drug-likeness (QED) is 0.668. The van der Waals surface area contributed by atoms with E-state index in [2.05, 4.69) is 56.3 Å². The van der Waals surface area contributed by atoms with Crippen LogP contribution >= 0.6 is 8.20 Å².